The fourth-order valence-corrected chi connectivity index (χ4v) is 2.65. The molecular formula is C13H18ClFN2O3S. The van der Waals surface area contributed by atoms with Gasteiger partial charge >= 0.3 is 0 Å². The van der Waals surface area contributed by atoms with E-state index in [9.17, 15) is 17.6 Å². The summed E-state index contributed by atoms with van der Waals surface area (Å²) in [5.74, 6) is -1.12. The Bertz CT molecular complexity index is 641. The summed E-state index contributed by atoms with van der Waals surface area (Å²) < 4.78 is 37.7. The SMILES string of the molecule is CC(C)(C)NC(=O)CN(c1ccc(F)c(Cl)c1)S(C)(=O)=O. The quantitative estimate of drug-likeness (QED) is 0.916. The maximum Gasteiger partial charge on any atom is 0.241 e. The molecule has 1 N–H and O–H groups in total. The highest BCUT2D eigenvalue weighted by Crippen LogP contribution is 2.24. The molecule has 1 amide bonds. The molecule has 1 rings (SSSR count). The first-order valence-electron chi connectivity index (χ1n) is 6.14. The Morgan fingerprint density at radius 3 is 2.38 bits per heavy atom. The lowest BCUT2D eigenvalue weighted by atomic mass is 10.1. The molecule has 0 bridgehead atoms. The normalized spacial score (nSPS) is 12.1. The molecule has 0 spiro atoms. The summed E-state index contributed by atoms with van der Waals surface area (Å²) in [7, 11) is -3.71. The number of amides is 1. The van der Waals surface area contributed by atoms with Crippen molar-refractivity contribution in [2.45, 2.75) is 26.3 Å². The van der Waals surface area contributed by atoms with E-state index in [0.717, 1.165) is 16.6 Å². The molecular weight excluding hydrogens is 319 g/mol. The van der Waals surface area contributed by atoms with Crippen molar-refractivity contribution in [2.75, 3.05) is 17.1 Å². The van der Waals surface area contributed by atoms with Gasteiger partial charge in [-0.1, -0.05) is 11.6 Å². The summed E-state index contributed by atoms with van der Waals surface area (Å²) in [6.07, 6.45) is 0.967. The van der Waals surface area contributed by atoms with Crippen LogP contribution >= 0.6 is 11.6 Å². The van der Waals surface area contributed by atoms with Gasteiger partial charge in [-0.2, -0.15) is 0 Å². The van der Waals surface area contributed by atoms with E-state index in [-0.39, 0.29) is 10.7 Å². The lowest BCUT2D eigenvalue weighted by Crippen LogP contribution is -2.47. The van der Waals surface area contributed by atoms with Gasteiger partial charge in [0.05, 0.1) is 17.0 Å². The Labute approximate surface area is 129 Å². The number of nitrogens with zero attached hydrogens (tertiary/aromatic N) is 1. The van der Waals surface area contributed by atoms with Gasteiger partial charge in [-0.15, -0.1) is 0 Å². The van der Waals surface area contributed by atoms with E-state index in [0.29, 0.717) is 0 Å². The molecule has 0 aromatic heterocycles. The Morgan fingerprint density at radius 2 is 1.95 bits per heavy atom. The average Bonchev–Trinajstić information content (AvgIpc) is 2.26. The number of rotatable bonds is 4. The Morgan fingerprint density at radius 1 is 1.38 bits per heavy atom. The number of carbonyl (C=O) groups excluding carboxylic acids is 1. The van der Waals surface area contributed by atoms with Crippen LogP contribution in [0.5, 0.6) is 0 Å². The molecule has 0 heterocycles. The molecule has 21 heavy (non-hydrogen) atoms. The molecule has 0 aliphatic rings. The van der Waals surface area contributed by atoms with Gasteiger partial charge in [0.25, 0.3) is 0 Å². The molecule has 0 saturated carbocycles. The third kappa shape index (κ3) is 5.51. The zero-order valence-electron chi connectivity index (χ0n) is 12.3. The van der Waals surface area contributed by atoms with E-state index in [1.165, 1.54) is 12.1 Å². The predicted octanol–water partition coefficient (Wildman–Crippen LogP) is 2.16. The highest BCUT2D eigenvalue weighted by Gasteiger charge is 2.23. The summed E-state index contributed by atoms with van der Waals surface area (Å²) in [4.78, 5) is 11.9. The van der Waals surface area contributed by atoms with E-state index in [1.54, 1.807) is 20.8 Å². The largest absolute Gasteiger partial charge is 0.350 e. The van der Waals surface area contributed by atoms with Gasteiger partial charge in [-0.3, -0.25) is 9.10 Å². The Hall–Kier alpha value is -1.34. The van der Waals surface area contributed by atoms with Crippen LogP contribution < -0.4 is 9.62 Å². The zero-order chi connectivity index (χ0) is 16.4. The number of anilines is 1. The van der Waals surface area contributed by atoms with Gasteiger partial charge in [-0.05, 0) is 39.0 Å². The first kappa shape index (κ1) is 17.7. The smallest absolute Gasteiger partial charge is 0.241 e. The second kappa shape index (κ2) is 6.19. The molecule has 0 saturated heterocycles. The fourth-order valence-electron chi connectivity index (χ4n) is 1.63. The Kier molecular flexibility index (Phi) is 5.22. The van der Waals surface area contributed by atoms with Crippen LogP contribution in [0.15, 0.2) is 18.2 Å². The van der Waals surface area contributed by atoms with E-state index < -0.39 is 33.8 Å². The number of hydrogen-bond acceptors (Lipinski definition) is 3. The first-order chi connectivity index (χ1) is 9.40. The highest BCUT2D eigenvalue weighted by molar-refractivity contribution is 7.92. The zero-order valence-corrected chi connectivity index (χ0v) is 13.8. The summed E-state index contributed by atoms with van der Waals surface area (Å²) >= 11 is 5.65. The van der Waals surface area contributed by atoms with Gasteiger partial charge < -0.3 is 5.32 Å². The van der Waals surface area contributed by atoms with Gasteiger partial charge in [0.1, 0.15) is 12.4 Å². The number of benzene rings is 1. The maximum absolute atomic E-state index is 13.2. The summed E-state index contributed by atoms with van der Waals surface area (Å²) in [6.45, 7) is 4.94. The van der Waals surface area contributed by atoms with E-state index in [4.69, 9.17) is 11.6 Å². The predicted molar refractivity (Wildman–Crippen MR) is 81.5 cm³/mol. The number of halogens is 2. The van der Waals surface area contributed by atoms with Gasteiger partial charge in [0.15, 0.2) is 0 Å². The van der Waals surface area contributed by atoms with Crippen LogP contribution in [-0.4, -0.2) is 32.7 Å². The van der Waals surface area contributed by atoms with Crippen molar-refractivity contribution in [3.63, 3.8) is 0 Å². The molecule has 1 aromatic carbocycles. The fraction of sp³-hybridized carbons (Fsp3) is 0.462. The molecule has 0 aliphatic carbocycles. The molecule has 8 heteroatoms. The summed E-state index contributed by atoms with van der Waals surface area (Å²) in [5, 5.41) is 2.45. The highest BCUT2D eigenvalue weighted by atomic mass is 35.5. The molecule has 0 aliphatic heterocycles. The lowest BCUT2D eigenvalue weighted by molar-refractivity contribution is -0.121. The molecule has 0 atom stereocenters. The van der Waals surface area contributed by atoms with Crippen molar-refractivity contribution in [3.8, 4) is 0 Å². The van der Waals surface area contributed by atoms with Crippen molar-refractivity contribution in [2.24, 2.45) is 0 Å². The second-order valence-electron chi connectivity index (χ2n) is 5.67. The minimum atomic E-state index is -3.71. The summed E-state index contributed by atoms with van der Waals surface area (Å²) in [6, 6.07) is 3.48. The van der Waals surface area contributed by atoms with Crippen molar-refractivity contribution in [1.82, 2.24) is 5.32 Å². The molecule has 0 unspecified atom stereocenters. The third-order valence-corrected chi connectivity index (χ3v) is 3.82. The molecule has 118 valence electrons. The van der Waals surface area contributed by atoms with Gasteiger partial charge in [0, 0.05) is 5.54 Å². The van der Waals surface area contributed by atoms with Crippen LogP contribution in [0.4, 0.5) is 10.1 Å². The molecule has 1 aromatic rings. The minimum Gasteiger partial charge on any atom is -0.350 e. The van der Waals surface area contributed by atoms with Crippen molar-refractivity contribution in [3.05, 3.63) is 29.0 Å². The minimum absolute atomic E-state index is 0.132. The average molecular weight is 337 g/mol. The van der Waals surface area contributed by atoms with Crippen LogP contribution in [0.2, 0.25) is 5.02 Å². The number of hydrogen-bond donors (Lipinski definition) is 1. The van der Waals surface area contributed by atoms with Crippen LogP contribution in [0.1, 0.15) is 20.8 Å². The topological polar surface area (TPSA) is 66.5 Å². The number of sulfonamides is 1. The Balaban J connectivity index is 3.08. The van der Waals surface area contributed by atoms with Crippen LogP contribution in [0.25, 0.3) is 0 Å². The van der Waals surface area contributed by atoms with Crippen molar-refractivity contribution >= 4 is 33.2 Å². The van der Waals surface area contributed by atoms with E-state index >= 15 is 0 Å². The van der Waals surface area contributed by atoms with Crippen LogP contribution in [-0.2, 0) is 14.8 Å². The molecule has 0 fully saturated rings. The monoisotopic (exact) mass is 336 g/mol. The van der Waals surface area contributed by atoms with E-state index in [2.05, 4.69) is 5.32 Å². The standard InChI is InChI=1S/C13H18ClFN2O3S/c1-13(2,3)16-12(18)8-17(21(4,19)20)9-5-6-11(15)10(14)7-9/h5-7H,8H2,1-4H3,(H,16,18). The summed E-state index contributed by atoms with van der Waals surface area (Å²) in [5.41, 5.74) is -0.353. The van der Waals surface area contributed by atoms with Crippen molar-refractivity contribution in [1.29, 1.82) is 0 Å². The molecule has 0 radical (unpaired) electrons. The second-order valence-corrected chi connectivity index (χ2v) is 7.98. The van der Waals surface area contributed by atoms with E-state index in [1.807, 2.05) is 0 Å². The number of carbonyl (C=O) groups is 1. The lowest BCUT2D eigenvalue weighted by Gasteiger charge is -2.25. The maximum atomic E-state index is 13.2. The van der Waals surface area contributed by atoms with Crippen LogP contribution in [0, 0.1) is 5.82 Å². The third-order valence-electron chi connectivity index (χ3n) is 2.39. The van der Waals surface area contributed by atoms with Gasteiger partial charge in [-0.25, -0.2) is 12.8 Å². The van der Waals surface area contributed by atoms with Crippen LogP contribution in [0.3, 0.4) is 0 Å². The van der Waals surface area contributed by atoms with Gasteiger partial charge in [0.2, 0.25) is 15.9 Å². The first-order valence-corrected chi connectivity index (χ1v) is 8.36. The number of nitrogens with one attached hydrogen (secondary N) is 1. The molecule has 5 nitrogen and oxygen atoms in total. The van der Waals surface area contributed by atoms with Crippen molar-refractivity contribution < 1.29 is 17.6 Å².